The zero-order valence-corrected chi connectivity index (χ0v) is 16.8. The third-order valence-electron chi connectivity index (χ3n) is 5.75. The van der Waals surface area contributed by atoms with E-state index in [1.807, 2.05) is 6.92 Å². The van der Waals surface area contributed by atoms with E-state index in [4.69, 9.17) is 10.00 Å². The molecule has 148 valence electrons. The summed E-state index contributed by atoms with van der Waals surface area (Å²) in [6, 6.07) is 14.9. The van der Waals surface area contributed by atoms with Gasteiger partial charge in [0, 0.05) is 13.0 Å². The number of nitrogens with zero attached hydrogens (tertiary/aromatic N) is 2. The molecular weight excluding hydrogens is 388 g/mol. The Kier molecular flexibility index (Phi) is 4.56. The molecule has 0 radical (unpaired) electrons. The number of esters is 1. The molecular formula is C22H20N2O4S. The SMILES string of the molecule is C=C(c1ccc(C#N)cc1)[C@@]12CCN(S(=O)(=O)c3ccc(C)cc3)[C@@H]1CC(=O)O2. The van der Waals surface area contributed by atoms with Gasteiger partial charge in [0.1, 0.15) is 0 Å². The lowest BCUT2D eigenvalue weighted by atomic mass is 9.83. The predicted molar refractivity (Wildman–Crippen MR) is 107 cm³/mol. The maximum absolute atomic E-state index is 13.3. The van der Waals surface area contributed by atoms with E-state index in [1.54, 1.807) is 48.5 Å². The molecule has 7 heteroatoms. The van der Waals surface area contributed by atoms with Crippen molar-refractivity contribution in [1.82, 2.24) is 4.31 Å². The smallest absolute Gasteiger partial charge is 0.308 e. The minimum atomic E-state index is -3.78. The van der Waals surface area contributed by atoms with Gasteiger partial charge in [-0.05, 0) is 42.3 Å². The van der Waals surface area contributed by atoms with Crippen molar-refractivity contribution in [2.24, 2.45) is 0 Å². The van der Waals surface area contributed by atoms with Crippen molar-refractivity contribution in [3.8, 4) is 6.07 Å². The van der Waals surface area contributed by atoms with Crippen molar-refractivity contribution in [3.05, 3.63) is 71.8 Å². The summed E-state index contributed by atoms with van der Waals surface area (Å²) < 4.78 is 33.6. The average molecular weight is 408 g/mol. The third kappa shape index (κ3) is 3.05. The number of hydrogen-bond donors (Lipinski definition) is 0. The predicted octanol–water partition coefficient (Wildman–Crippen LogP) is 3.03. The minimum Gasteiger partial charge on any atom is -0.452 e. The van der Waals surface area contributed by atoms with E-state index < -0.39 is 27.6 Å². The number of nitriles is 1. The van der Waals surface area contributed by atoms with Crippen molar-refractivity contribution >= 4 is 21.6 Å². The van der Waals surface area contributed by atoms with Crippen LogP contribution in [0, 0.1) is 18.3 Å². The maximum atomic E-state index is 13.3. The summed E-state index contributed by atoms with van der Waals surface area (Å²) in [7, 11) is -3.78. The van der Waals surface area contributed by atoms with Crippen LogP contribution in [0.25, 0.3) is 5.57 Å². The highest BCUT2D eigenvalue weighted by atomic mass is 32.2. The van der Waals surface area contributed by atoms with Gasteiger partial charge in [-0.1, -0.05) is 36.4 Å². The standard InChI is InChI=1S/C22H20N2O4S/c1-15-3-9-19(10-4-15)29(26,27)24-12-11-22(20(24)13-21(25)28-22)16(2)18-7-5-17(14-23)6-8-18/h3-10,20H,2,11-13H2,1H3/t20-,22+/m1/s1. The fourth-order valence-electron chi connectivity index (χ4n) is 4.16. The summed E-state index contributed by atoms with van der Waals surface area (Å²) in [6.07, 6.45) is 0.327. The molecule has 0 spiro atoms. The van der Waals surface area contributed by atoms with Gasteiger partial charge in [-0.3, -0.25) is 4.79 Å². The highest BCUT2D eigenvalue weighted by Crippen LogP contribution is 2.49. The maximum Gasteiger partial charge on any atom is 0.308 e. The van der Waals surface area contributed by atoms with Crippen molar-refractivity contribution < 1.29 is 17.9 Å². The van der Waals surface area contributed by atoms with Gasteiger partial charge in [-0.2, -0.15) is 9.57 Å². The molecule has 2 fully saturated rings. The van der Waals surface area contributed by atoms with Gasteiger partial charge >= 0.3 is 5.97 Å². The largest absolute Gasteiger partial charge is 0.452 e. The molecule has 2 aliphatic heterocycles. The van der Waals surface area contributed by atoms with Crippen LogP contribution in [0.1, 0.15) is 29.5 Å². The van der Waals surface area contributed by atoms with E-state index in [2.05, 4.69) is 12.6 Å². The summed E-state index contributed by atoms with van der Waals surface area (Å²) in [5.74, 6) is -0.436. The zero-order valence-electron chi connectivity index (χ0n) is 16.0. The Morgan fingerprint density at radius 1 is 1.21 bits per heavy atom. The Hall–Kier alpha value is -2.95. The second-order valence-corrected chi connectivity index (χ2v) is 9.32. The molecule has 0 bridgehead atoms. The van der Waals surface area contributed by atoms with Crippen LogP contribution in [-0.4, -0.2) is 36.9 Å². The van der Waals surface area contributed by atoms with E-state index in [0.717, 1.165) is 11.1 Å². The molecule has 0 saturated carbocycles. The summed E-state index contributed by atoms with van der Waals surface area (Å²) in [5, 5.41) is 9.00. The number of sulfonamides is 1. The number of rotatable bonds is 4. The van der Waals surface area contributed by atoms with Crippen LogP contribution in [0.4, 0.5) is 0 Å². The first kappa shape index (κ1) is 19.4. The molecule has 0 aliphatic carbocycles. The molecule has 0 amide bonds. The van der Waals surface area contributed by atoms with Crippen LogP contribution in [0.5, 0.6) is 0 Å². The molecule has 4 rings (SSSR count). The van der Waals surface area contributed by atoms with Crippen molar-refractivity contribution in [1.29, 1.82) is 5.26 Å². The lowest BCUT2D eigenvalue weighted by Gasteiger charge is -2.31. The average Bonchev–Trinajstić information content (AvgIpc) is 3.23. The first-order valence-corrected chi connectivity index (χ1v) is 10.7. The van der Waals surface area contributed by atoms with Gasteiger partial charge in [0.05, 0.1) is 29.0 Å². The molecule has 2 aliphatic rings. The molecule has 6 nitrogen and oxygen atoms in total. The van der Waals surface area contributed by atoms with Crippen LogP contribution in [0.15, 0.2) is 60.0 Å². The van der Waals surface area contributed by atoms with Crippen molar-refractivity contribution in [2.45, 2.75) is 36.3 Å². The van der Waals surface area contributed by atoms with E-state index >= 15 is 0 Å². The number of carbonyl (C=O) groups is 1. The Morgan fingerprint density at radius 3 is 2.48 bits per heavy atom. The monoisotopic (exact) mass is 408 g/mol. The molecule has 2 atom stereocenters. The van der Waals surface area contributed by atoms with E-state index in [9.17, 15) is 13.2 Å². The molecule has 0 N–H and O–H groups in total. The molecule has 2 aromatic carbocycles. The molecule has 29 heavy (non-hydrogen) atoms. The van der Waals surface area contributed by atoms with E-state index in [1.165, 1.54) is 4.31 Å². The van der Waals surface area contributed by atoms with Crippen molar-refractivity contribution in [3.63, 3.8) is 0 Å². The van der Waals surface area contributed by atoms with Gasteiger partial charge in [0.15, 0.2) is 5.60 Å². The number of carbonyl (C=O) groups excluding carboxylic acids is 1. The first-order valence-electron chi connectivity index (χ1n) is 9.28. The van der Waals surface area contributed by atoms with Gasteiger partial charge in [-0.15, -0.1) is 0 Å². The molecule has 0 unspecified atom stereocenters. The number of benzene rings is 2. The van der Waals surface area contributed by atoms with Gasteiger partial charge in [-0.25, -0.2) is 8.42 Å². The van der Waals surface area contributed by atoms with Crippen LogP contribution in [0.3, 0.4) is 0 Å². The topological polar surface area (TPSA) is 87.5 Å². The zero-order chi connectivity index (χ0) is 20.8. The Labute approximate surface area is 170 Å². The number of aryl methyl sites for hydroxylation is 1. The summed E-state index contributed by atoms with van der Waals surface area (Å²) >= 11 is 0. The quantitative estimate of drug-likeness (QED) is 0.726. The molecule has 2 heterocycles. The lowest BCUT2D eigenvalue weighted by molar-refractivity contribution is -0.144. The second kappa shape index (κ2) is 6.83. The minimum absolute atomic E-state index is 0.0135. The third-order valence-corrected chi connectivity index (χ3v) is 7.67. The number of fused-ring (bicyclic) bond motifs is 1. The molecule has 2 saturated heterocycles. The highest BCUT2D eigenvalue weighted by molar-refractivity contribution is 7.89. The molecule has 2 aromatic rings. The Balaban J connectivity index is 1.71. The van der Waals surface area contributed by atoms with Crippen LogP contribution in [0.2, 0.25) is 0 Å². The number of hydrogen-bond acceptors (Lipinski definition) is 5. The summed E-state index contributed by atoms with van der Waals surface area (Å²) in [5.41, 5.74) is 1.66. The Morgan fingerprint density at radius 2 is 1.86 bits per heavy atom. The normalized spacial score (nSPS) is 24.0. The summed E-state index contributed by atoms with van der Waals surface area (Å²) in [4.78, 5) is 12.4. The highest BCUT2D eigenvalue weighted by Gasteiger charge is 2.60. The second-order valence-electron chi connectivity index (χ2n) is 7.43. The van der Waals surface area contributed by atoms with E-state index in [0.29, 0.717) is 17.6 Å². The van der Waals surface area contributed by atoms with Crippen LogP contribution >= 0.6 is 0 Å². The van der Waals surface area contributed by atoms with E-state index in [-0.39, 0.29) is 17.9 Å². The van der Waals surface area contributed by atoms with Gasteiger partial charge in [0.2, 0.25) is 10.0 Å². The molecule has 0 aromatic heterocycles. The lowest BCUT2D eigenvalue weighted by Crippen LogP contribution is -2.44. The van der Waals surface area contributed by atoms with Crippen molar-refractivity contribution in [2.75, 3.05) is 6.54 Å². The fraction of sp³-hybridized carbons (Fsp3) is 0.273. The van der Waals surface area contributed by atoms with Gasteiger partial charge < -0.3 is 4.74 Å². The summed E-state index contributed by atoms with van der Waals surface area (Å²) in [6.45, 7) is 6.28. The van der Waals surface area contributed by atoms with Crippen LogP contribution < -0.4 is 0 Å². The first-order chi connectivity index (χ1) is 13.8. The van der Waals surface area contributed by atoms with Gasteiger partial charge in [0.25, 0.3) is 0 Å². The Bertz CT molecular complexity index is 1130. The fourth-order valence-corrected chi connectivity index (χ4v) is 5.82. The van der Waals surface area contributed by atoms with Crippen LogP contribution in [-0.2, 0) is 19.6 Å². The number of ether oxygens (including phenoxy) is 1.